The van der Waals surface area contributed by atoms with E-state index in [0.717, 1.165) is 28.5 Å². The van der Waals surface area contributed by atoms with E-state index in [1.54, 1.807) is 24.3 Å². The number of fused-ring (bicyclic) bond motifs is 1. The Labute approximate surface area is 209 Å². The van der Waals surface area contributed by atoms with Crippen molar-refractivity contribution in [3.05, 3.63) is 53.1 Å². The molecule has 0 radical (unpaired) electrons. The van der Waals surface area contributed by atoms with E-state index in [-0.39, 0.29) is 22.3 Å². The molecular weight excluding hydrogens is 480 g/mol. The van der Waals surface area contributed by atoms with Crippen molar-refractivity contribution in [3.8, 4) is 11.5 Å². The molecular formula is C27H28N2O6S. The number of hydrogen-bond donors (Lipinski definition) is 2. The Morgan fingerprint density at radius 1 is 1.08 bits per heavy atom. The summed E-state index contributed by atoms with van der Waals surface area (Å²) in [4.78, 5) is 16.0. The number of sulfonamides is 1. The van der Waals surface area contributed by atoms with Crippen LogP contribution in [-0.2, 0) is 21.9 Å². The summed E-state index contributed by atoms with van der Waals surface area (Å²) in [5.74, 6) is 0.479. The molecule has 6 aliphatic rings. The van der Waals surface area contributed by atoms with Crippen molar-refractivity contribution >= 4 is 15.9 Å². The lowest BCUT2D eigenvalue weighted by atomic mass is 9.48. The van der Waals surface area contributed by atoms with E-state index in [9.17, 15) is 23.4 Å². The molecule has 8 rings (SSSR count). The van der Waals surface area contributed by atoms with E-state index in [0.29, 0.717) is 37.4 Å². The molecule has 1 saturated heterocycles. The van der Waals surface area contributed by atoms with Crippen LogP contribution in [0.4, 0.5) is 0 Å². The number of rotatable bonds is 3. The van der Waals surface area contributed by atoms with Crippen LogP contribution in [0.2, 0.25) is 0 Å². The van der Waals surface area contributed by atoms with Gasteiger partial charge in [0.2, 0.25) is 0 Å². The molecule has 2 aromatic rings. The SMILES string of the molecule is O=C1c2ccccc2S(=O)(=O)N1[C@@H]1CC[C@@]2(O)[C@@H]3Cc4ccc(O)c5c4[C@@]2(CCN3CC2CC2)[C@H]1O5. The first-order valence-corrected chi connectivity index (χ1v) is 14.4. The monoisotopic (exact) mass is 508 g/mol. The molecule has 3 aliphatic carbocycles. The number of likely N-dealkylation sites (tertiary alicyclic amines) is 1. The number of benzene rings is 2. The van der Waals surface area contributed by atoms with Crippen LogP contribution in [0.3, 0.4) is 0 Å². The molecule has 8 nitrogen and oxygen atoms in total. The Kier molecular flexibility index (Phi) is 3.95. The highest BCUT2D eigenvalue weighted by Gasteiger charge is 2.74. The Morgan fingerprint density at radius 3 is 2.67 bits per heavy atom. The lowest BCUT2D eigenvalue weighted by Gasteiger charge is -2.64. The zero-order valence-electron chi connectivity index (χ0n) is 19.8. The number of aliphatic hydroxyl groups is 1. The van der Waals surface area contributed by atoms with Gasteiger partial charge in [-0.1, -0.05) is 18.2 Å². The molecule has 2 N–H and O–H groups in total. The van der Waals surface area contributed by atoms with Crippen LogP contribution >= 0.6 is 0 Å². The van der Waals surface area contributed by atoms with Gasteiger partial charge in [0, 0.05) is 18.2 Å². The zero-order valence-corrected chi connectivity index (χ0v) is 20.6. The fraction of sp³-hybridized carbons (Fsp3) is 0.519. The lowest BCUT2D eigenvalue weighted by molar-refractivity contribution is -0.194. The van der Waals surface area contributed by atoms with Crippen LogP contribution in [0.5, 0.6) is 11.5 Å². The van der Waals surface area contributed by atoms with E-state index in [4.69, 9.17) is 4.74 Å². The molecule has 3 fully saturated rings. The maximum atomic E-state index is 13.6. The van der Waals surface area contributed by atoms with Gasteiger partial charge < -0.3 is 14.9 Å². The number of ether oxygens (including phenoxy) is 1. The van der Waals surface area contributed by atoms with Gasteiger partial charge in [-0.15, -0.1) is 0 Å². The highest BCUT2D eigenvalue weighted by molar-refractivity contribution is 7.90. The van der Waals surface area contributed by atoms with Crippen LogP contribution < -0.4 is 4.74 Å². The van der Waals surface area contributed by atoms with Gasteiger partial charge in [-0.05, 0) is 74.8 Å². The first kappa shape index (κ1) is 21.5. The average Bonchev–Trinajstić information content (AvgIpc) is 3.56. The third-order valence-corrected chi connectivity index (χ3v) is 11.8. The zero-order chi connectivity index (χ0) is 24.6. The van der Waals surface area contributed by atoms with Gasteiger partial charge in [-0.3, -0.25) is 9.69 Å². The molecule has 2 saturated carbocycles. The Hall–Kier alpha value is -2.62. The largest absolute Gasteiger partial charge is 0.504 e. The fourth-order valence-electron chi connectivity index (χ4n) is 8.23. The molecule has 2 bridgehead atoms. The quantitative estimate of drug-likeness (QED) is 0.654. The summed E-state index contributed by atoms with van der Waals surface area (Å²) in [6, 6.07) is 8.99. The minimum absolute atomic E-state index is 0.00335. The second-order valence-corrected chi connectivity index (χ2v) is 13.3. The van der Waals surface area contributed by atoms with Crippen LogP contribution in [-0.4, -0.2) is 70.6 Å². The van der Waals surface area contributed by atoms with E-state index < -0.39 is 39.1 Å². The second kappa shape index (κ2) is 6.62. The van der Waals surface area contributed by atoms with Crippen molar-refractivity contribution in [3.63, 3.8) is 0 Å². The number of amides is 1. The maximum Gasteiger partial charge on any atom is 0.269 e. The molecule has 0 unspecified atom stereocenters. The third-order valence-electron chi connectivity index (χ3n) is 9.89. The smallest absolute Gasteiger partial charge is 0.269 e. The number of carbonyl (C=O) groups is 1. The van der Waals surface area contributed by atoms with Crippen molar-refractivity contribution in [1.82, 2.24) is 9.21 Å². The van der Waals surface area contributed by atoms with Crippen molar-refractivity contribution in [2.24, 2.45) is 5.92 Å². The molecule has 188 valence electrons. The van der Waals surface area contributed by atoms with Crippen LogP contribution in [0.1, 0.15) is 53.6 Å². The third kappa shape index (κ3) is 2.33. The summed E-state index contributed by atoms with van der Waals surface area (Å²) in [6.07, 6.45) is 3.62. The number of carbonyl (C=O) groups excluding carboxylic acids is 1. The predicted molar refractivity (Wildman–Crippen MR) is 128 cm³/mol. The number of phenolic OH excluding ortho intramolecular Hbond substituents is 1. The Bertz CT molecular complexity index is 1450. The predicted octanol–water partition coefficient (Wildman–Crippen LogP) is 2.17. The summed E-state index contributed by atoms with van der Waals surface area (Å²) >= 11 is 0. The van der Waals surface area contributed by atoms with Gasteiger partial charge in [-0.2, -0.15) is 0 Å². The van der Waals surface area contributed by atoms with Gasteiger partial charge >= 0.3 is 0 Å². The lowest BCUT2D eigenvalue weighted by Crippen LogP contribution is -2.78. The van der Waals surface area contributed by atoms with Gasteiger partial charge in [-0.25, -0.2) is 12.7 Å². The number of piperidine rings is 1. The first-order chi connectivity index (χ1) is 17.3. The highest BCUT2D eigenvalue weighted by atomic mass is 32.2. The summed E-state index contributed by atoms with van der Waals surface area (Å²) in [6.45, 7) is 1.73. The maximum absolute atomic E-state index is 13.6. The van der Waals surface area contributed by atoms with Crippen LogP contribution in [0.15, 0.2) is 41.3 Å². The topological polar surface area (TPSA) is 107 Å². The summed E-state index contributed by atoms with van der Waals surface area (Å²) < 4.78 is 34.8. The van der Waals surface area contributed by atoms with Gasteiger partial charge in [0.25, 0.3) is 15.9 Å². The second-order valence-electron chi connectivity index (χ2n) is 11.5. The van der Waals surface area contributed by atoms with E-state index in [1.165, 1.54) is 18.9 Å². The molecule has 2 aromatic carbocycles. The van der Waals surface area contributed by atoms with Crippen molar-refractivity contribution in [1.29, 1.82) is 0 Å². The Balaban J connectivity index is 1.30. The average molecular weight is 509 g/mol. The van der Waals surface area contributed by atoms with Crippen LogP contribution in [0, 0.1) is 5.92 Å². The number of nitrogens with zero attached hydrogens (tertiary/aromatic N) is 2. The molecule has 3 heterocycles. The standard InChI is InChI=1S/C27H28N2O6S/c30-19-8-7-16-13-21-27(32)10-9-18(29-25(31)17-3-1-2-4-20(17)36(29,33)34)24-26(27,22(16)23(19)35-24)11-12-28(21)14-15-5-6-15/h1-4,7-8,15,18,21,24,30,32H,5-6,9-14H2/t18-,21+,24+,26+,27-/m1/s1. The molecule has 9 heteroatoms. The first-order valence-electron chi connectivity index (χ1n) is 12.9. The molecule has 5 atom stereocenters. The van der Waals surface area contributed by atoms with Crippen molar-refractivity contribution in [2.75, 3.05) is 13.1 Å². The van der Waals surface area contributed by atoms with E-state index in [1.807, 2.05) is 6.07 Å². The summed E-state index contributed by atoms with van der Waals surface area (Å²) in [5.41, 5.74) is 0.0267. The fourth-order valence-corrected chi connectivity index (χ4v) is 10.0. The normalized spacial score (nSPS) is 37.4. The highest BCUT2D eigenvalue weighted by Crippen LogP contribution is 2.66. The summed E-state index contributed by atoms with van der Waals surface area (Å²) in [5, 5.41) is 23.4. The van der Waals surface area contributed by atoms with E-state index >= 15 is 0 Å². The molecule has 1 amide bonds. The van der Waals surface area contributed by atoms with Crippen molar-refractivity contribution < 1.29 is 28.2 Å². The molecule has 36 heavy (non-hydrogen) atoms. The van der Waals surface area contributed by atoms with Gasteiger partial charge in [0.15, 0.2) is 11.5 Å². The Morgan fingerprint density at radius 2 is 1.89 bits per heavy atom. The molecule has 3 aliphatic heterocycles. The number of phenols is 1. The van der Waals surface area contributed by atoms with Gasteiger partial charge in [0.1, 0.15) is 11.0 Å². The van der Waals surface area contributed by atoms with Crippen molar-refractivity contribution in [2.45, 2.75) is 72.6 Å². The summed E-state index contributed by atoms with van der Waals surface area (Å²) in [7, 11) is -4.06. The van der Waals surface area contributed by atoms with E-state index in [2.05, 4.69) is 4.90 Å². The van der Waals surface area contributed by atoms with Crippen LogP contribution in [0.25, 0.3) is 0 Å². The number of aromatic hydroxyl groups is 1. The van der Waals surface area contributed by atoms with Gasteiger partial charge in [0.05, 0.1) is 22.6 Å². The molecule has 1 spiro atoms. The minimum atomic E-state index is -4.06. The number of hydrogen-bond acceptors (Lipinski definition) is 7. The minimum Gasteiger partial charge on any atom is -0.504 e. The molecule has 0 aromatic heterocycles.